The van der Waals surface area contributed by atoms with Crippen molar-refractivity contribution in [1.29, 1.82) is 0 Å². The van der Waals surface area contributed by atoms with Crippen LogP contribution in [-0.4, -0.2) is 66.9 Å². The zero-order valence-corrected chi connectivity index (χ0v) is 14.8. The maximum atomic E-state index is 12.9. The van der Waals surface area contributed by atoms with Crippen LogP contribution in [0.4, 0.5) is 10.5 Å². The van der Waals surface area contributed by atoms with Crippen molar-refractivity contribution < 1.29 is 18.8 Å². The van der Waals surface area contributed by atoms with E-state index in [-0.39, 0.29) is 12.6 Å². The van der Waals surface area contributed by atoms with Crippen molar-refractivity contribution >= 4 is 17.7 Å². The molecule has 1 fully saturated rings. The summed E-state index contributed by atoms with van der Waals surface area (Å²) in [5.74, 6) is 0.471. The zero-order valence-electron chi connectivity index (χ0n) is 14.8. The average molecular weight is 359 g/mol. The molecular weight excluding hydrogens is 338 g/mol. The Bertz CT molecular complexity index is 768. The van der Waals surface area contributed by atoms with Crippen molar-refractivity contribution in [2.24, 2.45) is 0 Å². The van der Waals surface area contributed by atoms with Crippen LogP contribution >= 0.6 is 0 Å². The first-order valence-corrected chi connectivity index (χ1v) is 8.33. The molecule has 138 valence electrons. The van der Waals surface area contributed by atoms with Crippen LogP contribution in [0.25, 0.3) is 11.4 Å². The molecule has 0 bridgehead atoms. The minimum absolute atomic E-state index is 0.153. The van der Waals surface area contributed by atoms with E-state index in [4.69, 9.17) is 9.26 Å². The number of methoxy groups -OCH3 is 1. The molecule has 2 aromatic rings. The predicted octanol–water partition coefficient (Wildman–Crippen LogP) is 1.05. The molecule has 9 nitrogen and oxygen atoms in total. The van der Waals surface area contributed by atoms with Crippen LogP contribution in [0.1, 0.15) is 5.89 Å². The molecule has 26 heavy (non-hydrogen) atoms. The normalized spacial score (nSPS) is 14.2. The van der Waals surface area contributed by atoms with Gasteiger partial charge in [0, 0.05) is 44.4 Å². The van der Waals surface area contributed by atoms with Crippen molar-refractivity contribution in [3.8, 4) is 11.4 Å². The quantitative estimate of drug-likeness (QED) is 0.814. The summed E-state index contributed by atoms with van der Waals surface area (Å²) in [5.41, 5.74) is 1.36. The standard InChI is InChI=1S/C17H21N5O4/c1-12-19-16(20-26-12)13-3-5-14(6-4-13)22(11-15(23)25-2)17(24)21-9-7-18-8-10-21/h3-6,18H,7-11H2,1-2H3. The Hall–Kier alpha value is -2.94. The number of amides is 2. The van der Waals surface area contributed by atoms with Gasteiger partial charge in [0.15, 0.2) is 0 Å². The van der Waals surface area contributed by atoms with E-state index in [0.29, 0.717) is 30.5 Å². The lowest BCUT2D eigenvalue weighted by molar-refractivity contribution is -0.138. The fourth-order valence-electron chi connectivity index (χ4n) is 2.70. The lowest BCUT2D eigenvalue weighted by Crippen LogP contribution is -2.52. The van der Waals surface area contributed by atoms with Gasteiger partial charge in [-0.25, -0.2) is 4.79 Å². The monoisotopic (exact) mass is 359 g/mol. The third-order valence-corrected chi connectivity index (χ3v) is 4.10. The lowest BCUT2D eigenvalue weighted by atomic mass is 10.2. The highest BCUT2D eigenvalue weighted by Crippen LogP contribution is 2.22. The molecule has 9 heteroatoms. The Morgan fingerprint density at radius 2 is 1.96 bits per heavy atom. The van der Waals surface area contributed by atoms with Gasteiger partial charge in [-0.05, 0) is 24.3 Å². The second-order valence-corrected chi connectivity index (χ2v) is 5.87. The van der Waals surface area contributed by atoms with Gasteiger partial charge in [-0.3, -0.25) is 9.69 Å². The number of rotatable bonds is 4. The number of benzene rings is 1. The fraction of sp³-hybridized carbons (Fsp3) is 0.412. The molecular formula is C17H21N5O4. The largest absolute Gasteiger partial charge is 0.468 e. The van der Waals surface area contributed by atoms with Crippen LogP contribution in [-0.2, 0) is 9.53 Å². The predicted molar refractivity (Wildman–Crippen MR) is 93.7 cm³/mol. The molecule has 1 aromatic heterocycles. The van der Waals surface area contributed by atoms with E-state index < -0.39 is 5.97 Å². The summed E-state index contributed by atoms with van der Waals surface area (Å²) in [6.07, 6.45) is 0. The number of carbonyl (C=O) groups excluding carboxylic acids is 2. The van der Waals surface area contributed by atoms with Gasteiger partial charge in [0.2, 0.25) is 11.7 Å². The van der Waals surface area contributed by atoms with E-state index in [1.807, 2.05) is 0 Å². The number of anilines is 1. The Morgan fingerprint density at radius 1 is 1.27 bits per heavy atom. The van der Waals surface area contributed by atoms with Gasteiger partial charge >= 0.3 is 12.0 Å². The van der Waals surface area contributed by atoms with Crippen LogP contribution in [0.3, 0.4) is 0 Å². The van der Waals surface area contributed by atoms with Crippen molar-refractivity contribution in [3.63, 3.8) is 0 Å². The number of piperazine rings is 1. The van der Waals surface area contributed by atoms with E-state index in [1.54, 1.807) is 36.1 Å². The van der Waals surface area contributed by atoms with Crippen molar-refractivity contribution in [2.75, 3.05) is 44.7 Å². The smallest absolute Gasteiger partial charge is 0.325 e. The van der Waals surface area contributed by atoms with Crippen LogP contribution in [0.5, 0.6) is 0 Å². The van der Waals surface area contributed by atoms with Crippen molar-refractivity contribution in [1.82, 2.24) is 20.4 Å². The molecule has 2 amide bonds. The number of esters is 1. The molecule has 0 spiro atoms. The molecule has 0 atom stereocenters. The lowest BCUT2D eigenvalue weighted by Gasteiger charge is -2.32. The van der Waals surface area contributed by atoms with E-state index in [2.05, 4.69) is 15.5 Å². The molecule has 3 rings (SSSR count). The van der Waals surface area contributed by atoms with Gasteiger partial charge < -0.3 is 19.5 Å². The summed E-state index contributed by atoms with van der Waals surface area (Å²) in [6.45, 7) is 4.21. The van der Waals surface area contributed by atoms with E-state index in [0.717, 1.165) is 18.7 Å². The van der Waals surface area contributed by atoms with Crippen LogP contribution in [0.2, 0.25) is 0 Å². The third-order valence-electron chi connectivity index (χ3n) is 4.10. The number of urea groups is 1. The van der Waals surface area contributed by atoms with Crippen LogP contribution in [0.15, 0.2) is 28.8 Å². The molecule has 0 radical (unpaired) electrons. The third kappa shape index (κ3) is 3.99. The fourth-order valence-corrected chi connectivity index (χ4v) is 2.70. The van der Waals surface area contributed by atoms with Gasteiger partial charge in [-0.15, -0.1) is 0 Å². The minimum atomic E-state index is -0.480. The minimum Gasteiger partial charge on any atom is -0.468 e. The second kappa shape index (κ2) is 7.96. The number of aryl methyl sites for hydroxylation is 1. The topological polar surface area (TPSA) is 101 Å². The number of aromatic nitrogens is 2. The van der Waals surface area contributed by atoms with Crippen LogP contribution in [0, 0.1) is 6.92 Å². The maximum absolute atomic E-state index is 12.9. The van der Waals surface area contributed by atoms with Crippen molar-refractivity contribution in [2.45, 2.75) is 6.92 Å². The Kier molecular flexibility index (Phi) is 5.47. The van der Waals surface area contributed by atoms with Crippen LogP contribution < -0.4 is 10.2 Å². The summed E-state index contributed by atoms with van der Waals surface area (Å²) in [4.78, 5) is 32.0. The summed E-state index contributed by atoms with van der Waals surface area (Å²) in [7, 11) is 1.30. The van der Waals surface area contributed by atoms with E-state index >= 15 is 0 Å². The van der Waals surface area contributed by atoms with E-state index in [1.165, 1.54) is 12.0 Å². The first kappa shape index (κ1) is 17.9. The molecule has 1 aliphatic heterocycles. The van der Waals surface area contributed by atoms with Gasteiger partial charge in [-0.1, -0.05) is 5.16 Å². The first-order chi connectivity index (χ1) is 12.6. The molecule has 1 aromatic carbocycles. The van der Waals surface area contributed by atoms with E-state index in [9.17, 15) is 9.59 Å². The van der Waals surface area contributed by atoms with Gasteiger partial charge in [0.25, 0.3) is 0 Å². The maximum Gasteiger partial charge on any atom is 0.325 e. The van der Waals surface area contributed by atoms with Gasteiger partial charge in [-0.2, -0.15) is 4.98 Å². The molecule has 0 saturated carbocycles. The highest BCUT2D eigenvalue weighted by Gasteiger charge is 2.26. The SMILES string of the molecule is COC(=O)CN(C(=O)N1CCNCC1)c1ccc(-c2noc(C)n2)cc1. The molecule has 1 aliphatic rings. The second-order valence-electron chi connectivity index (χ2n) is 5.87. The van der Waals surface area contributed by atoms with Gasteiger partial charge in [0.1, 0.15) is 6.54 Å². The molecule has 2 heterocycles. The number of nitrogens with zero attached hydrogens (tertiary/aromatic N) is 4. The Labute approximate surface area is 150 Å². The Balaban J connectivity index is 1.83. The highest BCUT2D eigenvalue weighted by molar-refractivity contribution is 5.96. The average Bonchev–Trinajstić information content (AvgIpc) is 3.12. The Morgan fingerprint density at radius 3 is 2.54 bits per heavy atom. The summed E-state index contributed by atoms with van der Waals surface area (Å²) in [5, 5.41) is 7.08. The number of carbonyl (C=O) groups is 2. The molecule has 1 N–H and O–H groups in total. The van der Waals surface area contributed by atoms with Gasteiger partial charge in [0.05, 0.1) is 7.11 Å². The number of hydrogen-bond donors (Lipinski definition) is 1. The summed E-state index contributed by atoms with van der Waals surface area (Å²) in [6, 6.07) is 6.86. The zero-order chi connectivity index (χ0) is 18.5. The molecule has 0 unspecified atom stereocenters. The number of hydrogen-bond acceptors (Lipinski definition) is 7. The molecule has 1 saturated heterocycles. The first-order valence-electron chi connectivity index (χ1n) is 8.33. The summed E-state index contributed by atoms with van der Waals surface area (Å²) < 4.78 is 9.72. The van der Waals surface area contributed by atoms with Crippen molar-refractivity contribution in [3.05, 3.63) is 30.2 Å². The highest BCUT2D eigenvalue weighted by atomic mass is 16.5. The summed E-state index contributed by atoms with van der Waals surface area (Å²) >= 11 is 0. The molecule has 0 aliphatic carbocycles. The number of nitrogens with one attached hydrogen (secondary N) is 1. The number of ether oxygens (including phenoxy) is 1.